The fourth-order valence-electron chi connectivity index (χ4n) is 3.49. The Labute approximate surface area is 168 Å². The minimum absolute atomic E-state index is 0.0313. The maximum atomic E-state index is 13.8. The molecule has 146 valence electrons. The summed E-state index contributed by atoms with van der Waals surface area (Å²) in [5.41, 5.74) is 2.40. The molecule has 0 unspecified atom stereocenters. The van der Waals surface area contributed by atoms with Crippen molar-refractivity contribution in [2.45, 2.75) is 45.7 Å². The van der Waals surface area contributed by atoms with Crippen molar-refractivity contribution in [1.82, 2.24) is 9.55 Å². The Morgan fingerprint density at radius 2 is 2.11 bits per heavy atom. The van der Waals surface area contributed by atoms with Crippen LogP contribution in [-0.2, 0) is 17.9 Å². The monoisotopic (exact) mass is 399 g/mol. The van der Waals surface area contributed by atoms with Crippen LogP contribution in [0.1, 0.15) is 38.4 Å². The summed E-state index contributed by atoms with van der Waals surface area (Å²) in [7, 11) is 0. The van der Waals surface area contributed by atoms with Crippen LogP contribution >= 0.6 is 11.6 Å². The van der Waals surface area contributed by atoms with E-state index in [2.05, 4.69) is 4.57 Å². The zero-order valence-corrected chi connectivity index (χ0v) is 16.6. The lowest BCUT2D eigenvalue weighted by Gasteiger charge is -2.23. The smallest absolute Gasteiger partial charge is 0.227 e. The second kappa shape index (κ2) is 7.92. The van der Waals surface area contributed by atoms with E-state index in [1.165, 1.54) is 25.0 Å². The third-order valence-corrected chi connectivity index (χ3v) is 5.35. The van der Waals surface area contributed by atoms with Crippen molar-refractivity contribution < 1.29 is 9.18 Å². The third-order valence-electron chi connectivity index (χ3n) is 5.11. The van der Waals surface area contributed by atoms with Crippen molar-refractivity contribution in [2.75, 3.05) is 4.90 Å². The lowest BCUT2D eigenvalue weighted by molar-refractivity contribution is -0.118. The predicted octanol–water partition coefficient (Wildman–Crippen LogP) is 5.57. The number of hydrogen-bond donors (Lipinski definition) is 0. The molecule has 28 heavy (non-hydrogen) atoms. The first-order valence-electron chi connectivity index (χ1n) is 9.75. The molecule has 1 aromatic heterocycles. The summed E-state index contributed by atoms with van der Waals surface area (Å²) in [6.45, 7) is 3.14. The van der Waals surface area contributed by atoms with E-state index in [0.29, 0.717) is 29.6 Å². The largest absolute Gasteiger partial charge is 0.326 e. The molecule has 4 rings (SSSR count). The molecule has 0 radical (unpaired) electrons. The summed E-state index contributed by atoms with van der Waals surface area (Å²) in [5.74, 6) is 1.06. The van der Waals surface area contributed by atoms with Gasteiger partial charge >= 0.3 is 0 Å². The molecule has 0 N–H and O–H groups in total. The fourth-order valence-corrected chi connectivity index (χ4v) is 3.65. The highest BCUT2D eigenvalue weighted by molar-refractivity contribution is 6.31. The van der Waals surface area contributed by atoms with Crippen LogP contribution in [0.25, 0.3) is 11.0 Å². The number of imidazole rings is 1. The zero-order chi connectivity index (χ0) is 19.7. The average Bonchev–Trinajstić information content (AvgIpc) is 3.42. The number of rotatable bonds is 7. The minimum Gasteiger partial charge on any atom is -0.326 e. The average molecular weight is 400 g/mol. The molecule has 1 aliphatic rings. The molecule has 1 fully saturated rings. The first-order valence-corrected chi connectivity index (χ1v) is 10.1. The number of nitrogens with zero attached hydrogens (tertiary/aromatic N) is 3. The van der Waals surface area contributed by atoms with Gasteiger partial charge in [-0.05, 0) is 61.6 Å². The molecule has 0 spiro atoms. The SMILES string of the molecule is CCCC(=O)N(Cc1nc2ccc(Cl)cc2n1CC1CC1)c1cccc(F)c1. The molecular formula is C22H23ClFN3O. The number of hydrogen-bond acceptors (Lipinski definition) is 2. The molecule has 1 aliphatic carbocycles. The number of fused-ring (bicyclic) bond motifs is 1. The molecule has 1 amide bonds. The fraction of sp³-hybridized carbons (Fsp3) is 0.364. The number of aromatic nitrogens is 2. The van der Waals surface area contributed by atoms with E-state index >= 15 is 0 Å². The van der Waals surface area contributed by atoms with Gasteiger partial charge in [-0.2, -0.15) is 0 Å². The summed E-state index contributed by atoms with van der Waals surface area (Å²) < 4.78 is 16.0. The van der Waals surface area contributed by atoms with Crippen molar-refractivity contribution >= 4 is 34.2 Å². The first kappa shape index (κ1) is 18.9. The summed E-state index contributed by atoms with van der Waals surface area (Å²) >= 11 is 6.22. The highest BCUT2D eigenvalue weighted by Gasteiger charge is 2.26. The Morgan fingerprint density at radius 3 is 2.82 bits per heavy atom. The van der Waals surface area contributed by atoms with E-state index in [1.54, 1.807) is 17.0 Å². The van der Waals surface area contributed by atoms with Gasteiger partial charge in [-0.1, -0.05) is 24.6 Å². The van der Waals surface area contributed by atoms with Gasteiger partial charge < -0.3 is 9.47 Å². The van der Waals surface area contributed by atoms with E-state index in [-0.39, 0.29) is 11.7 Å². The van der Waals surface area contributed by atoms with Crippen molar-refractivity contribution in [3.05, 3.63) is 59.1 Å². The van der Waals surface area contributed by atoms with Crippen LogP contribution in [-0.4, -0.2) is 15.5 Å². The van der Waals surface area contributed by atoms with Crippen molar-refractivity contribution in [3.63, 3.8) is 0 Å². The lowest BCUT2D eigenvalue weighted by Crippen LogP contribution is -2.31. The van der Waals surface area contributed by atoms with E-state index in [9.17, 15) is 9.18 Å². The van der Waals surface area contributed by atoms with Gasteiger partial charge in [0.05, 0.1) is 17.6 Å². The Hall–Kier alpha value is -2.40. The zero-order valence-electron chi connectivity index (χ0n) is 15.9. The van der Waals surface area contributed by atoms with Crippen LogP contribution in [0.4, 0.5) is 10.1 Å². The van der Waals surface area contributed by atoms with Crippen molar-refractivity contribution in [2.24, 2.45) is 5.92 Å². The highest BCUT2D eigenvalue weighted by atomic mass is 35.5. The highest BCUT2D eigenvalue weighted by Crippen LogP contribution is 2.33. The number of carbonyl (C=O) groups excluding carboxylic acids is 1. The van der Waals surface area contributed by atoms with E-state index in [1.807, 2.05) is 25.1 Å². The maximum Gasteiger partial charge on any atom is 0.227 e. The molecule has 1 heterocycles. The number of anilines is 1. The van der Waals surface area contributed by atoms with Gasteiger partial charge in [0.2, 0.25) is 5.91 Å². The Morgan fingerprint density at radius 1 is 1.29 bits per heavy atom. The summed E-state index contributed by atoms with van der Waals surface area (Å²) in [6, 6.07) is 11.8. The molecular weight excluding hydrogens is 377 g/mol. The van der Waals surface area contributed by atoms with E-state index in [4.69, 9.17) is 16.6 Å². The van der Waals surface area contributed by atoms with Gasteiger partial charge in [0, 0.05) is 23.7 Å². The van der Waals surface area contributed by atoms with Crippen LogP contribution < -0.4 is 4.90 Å². The number of benzene rings is 2. The molecule has 1 saturated carbocycles. The molecule has 4 nitrogen and oxygen atoms in total. The van der Waals surface area contributed by atoms with E-state index in [0.717, 1.165) is 29.8 Å². The van der Waals surface area contributed by atoms with Crippen molar-refractivity contribution in [3.8, 4) is 0 Å². The molecule has 0 saturated heterocycles. The third kappa shape index (κ3) is 4.04. The summed E-state index contributed by atoms with van der Waals surface area (Å²) in [4.78, 5) is 19.2. The molecule has 6 heteroatoms. The van der Waals surface area contributed by atoms with Gasteiger partial charge in [0.25, 0.3) is 0 Å². The second-order valence-electron chi connectivity index (χ2n) is 7.42. The number of halogens is 2. The molecule has 0 aliphatic heterocycles. The quantitative estimate of drug-likeness (QED) is 0.520. The van der Waals surface area contributed by atoms with Gasteiger partial charge in [-0.15, -0.1) is 0 Å². The van der Waals surface area contributed by atoms with Crippen LogP contribution in [0, 0.1) is 11.7 Å². The topological polar surface area (TPSA) is 38.1 Å². The van der Waals surface area contributed by atoms with Gasteiger partial charge in [0.1, 0.15) is 11.6 Å². The van der Waals surface area contributed by atoms with Crippen LogP contribution in [0.15, 0.2) is 42.5 Å². The first-order chi connectivity index (χ1) is 13.5. The Kier molecular flexibility index (Phi) is 5.36. The van der Waals surface area contributed by atoms with E-state index < -0.39 is 0 Å². The molecule has 2 aromatic carbocycles. The van der Waals surface area contributed by atoms with Gasteiger partial charge in [0.15, 0.2) is 0 Å². The lowest BCUT2D eigenvalue weighted by atomic mass is 10.2. The summed E-state index contributed by atoms with van der Waals surface area (Å²) in [6.07, 6.45) is 3.56. The van der Waals surface area contributed by atoms with Crippen LogP contribution in [0.2, 0.25) is 5.02 Å². The van der Waals surface area contributed by atoms with Crippen LogP contribution in [0.5, 0.6) is 0 Å². The minimum atomic E-state index is -0.356. The molecule has 0 atom stereocenters. The predicted molar refractivity (Wildman–Crippen MR) is 110 cm³/mol. The standard InChI is InChI=1S/C22H23ClFN3O/c1-2-4-22(28)26(18-6-3-5-17(24)12-18)14-21-25-19-10-9-16(23)11-20(19)27(21)13-15-7-8-15/h3,5-6,9-12,15H,2,4,7-8,13-14H2,1H3. The Bertz CT molecular complexity index is 1010. The number of amides is 1. The second-order valence-corrected chi connectivity index (χ2v) is 7.86. The van der Waals surface area contributed by atoms with Crippen LogP contribution in [0.3, 0.4) is 0 Å². The van der Waals surface area contributed by atoms with Gasteiger partial charge in [-0.3, -0.25) is 4.79 Å². The molecule has 3 aromatic rings. The summed E-state index contributed by atoms with van der Waals surface area (Å²) in [5, 5.41) is 0.667. The van der Waals surface area contributed by atoms with Gasteiger partial charge in [-0.25, -0.2) is 9.37 Å². The maximum absolute atomic E-state index is 13.8. The Balaban J connectivity index is 1.75. The molecule has 0 bridgehead atoms. The number of carbonyl (C=O) groups is 1. The normalized spacial score (nSPS) is 13.8. The van der Waals surface area contributed by atoms with Crippen molar-refractivity contribution in [1.29, 1.82) is 0 Å².